The summed E-state index contributed by atoms with van der Waals surface area (Å²) in [5.41, 5.74) is 8.61. The predicted molar refractivity (Wildman–Crippen MR) is 151 cm³/mol. The van der Waals surface area contributed by atoms with Crippen molar-refractivity contribution in [2.24, 2.45) is 5.73 Å². The number of primary amides is 1. The van der Waals surface area contributed by atoms with Crippen molar-refractivity contribution < 1.29 is 18.4 Å². The highest BCUT2D eigenvalue weighted by Gasteiger charge is 2.10. The molecule has 184 valence electrons. The van der Waals surface area contributed by atoms with Crippen molar-refractivity contribution in [3.63, 3.8) is 0 Å². The summed E-state index contributed by atoms with van der Waals surface area (Å²) >= 11 is 3.48. The summed E-state index contributed by atoms with van der Waals surface area (Å²) in [5.74, 6) is -0.432. The highest BCUT2D eigenvalue weighted by atomic mass is 79.9. The van der Waals surface area contributed by atoms with Crippen LogP contribution in [0.4, 0.5) is 5.69 Å². The first-order valence-corrected chi connectivity index (χ1v) is 11.6. The van der Waals surface area contributed by atoms with Crippen molar-refractivity contribution in [2.45, 2.75) is 21.3 Å². The van der Waals surface area contributed by atoms with Gasteiger partial charge in [0.1, 0.15) is 16.7 Å². The summed E-state index contributed by atoms with van der Waals surface area (Å²) in [7, 11) is 0. The highest BCUT2D eigenvalue weighted by Crippen LogP contribution is 2.34. The Morgan fingerprint density at radius 1 is 0.694 bits per heavy atom. The van der Waals surface area contributed by atoms with Gasteiger partial charge in [-0.25, -0.2) is 0 Å². The number of nitrogens with two attached hydrogens (primary N) is 1. The molecule has 2 amide bonds. The maximum atomic E-state index is 11.1. The van der Waals surface area contributed by atoms with Gasteiger partial charge in [-0.2, -0.15) is 0 Å². The molecule has 0 atom stereocenters. The molecule has 7 heteroatoms. The Morgan fingerprint density at radius 3 is 1.69 bits per heavy atom. The maximum absolute atomic E-state index is 11.1. The van der Waals surface area contributed by atoms with Crippen LogP contribution in [0.25, 0.3) is 43.9 Å². The van der Waals surface area contributed by atoms with Gasteiger partial charge in [0.15, 0.2) is 5.58 Å². The Morgan fingerprint density at radius 2 is 1.14 bits per heavy atom. The lowest BCUT2D eigenvalue weighted by Crippen LogP contribution is -2.05. The molecular weight excluding hydrogens is 520 g/mol. The van der Waals surface area contributed by atoms with Gasteiger partial charge in [-0.15, -0.1) is 0 Å². The van der Waals surface area contributed by atoms with Crippen LogP contribution in [0.1, 0.15) is 21.3 Å². The van der Waals surface area contributed by atoms with Crippen LogP contribution in [0.15, 0.2) is 98.2 Å². The van der Waals surface area contributed by atoms with E-state index in [2.05, 4.69) is 39.1 Å². The smallest absolute Gasteiger partial charge is 0.221 e. The number of carbonyl (C=O) groups is 2. The van der Waals surface area contributed by atoms with E-state index < -0.39 is 0 Å². The molecule has 6 aromatic rings. The number of halogens is 1. The van der Waals surface area contributed by atoms with Crippen molar-refractivity contribution in [1.82, 2.24) is 0 Å². The number of para-hydroxylation sites is 4. The molecule has 2 aromatic heterocycles. The molecule has 0 aliphatic rings. The van der Waals surface area contributed by atoms with Crippen molar-refractivity contribution in [3.8, 4) is 0 Å². The lowest BCUT2D eigenvalue weighted by atomic mass is 10.1. The average molecular weight is 547 g/mol. The Bertz CT molecular complexity index is 1660. The molecule has 0 saturated carbocycles. The van der Waals surface area contributed by atoms with E-state index in [-0.39, 0.29) is 19.2 Å². The molecule has 6 nitrogen and oxygen atoms in total. The molecule has 0 radical (unpaired) electrons. The molecule has 6 rings (SSSR count). The van der Waals surface area contributed by atoms with E-state index >= 15 is 0 Å². The minimum absolute atomic E-state index is 0. The van der Waals surface area contributed by atoms with Crippen LogP contribution in [0, 0.1) is 0 Å². The summed E-state index contributed by atoms with van der Waals surface area (Å²) < 4.78 is 12.5. The molecule has 36 heavy (non-hydrogen) atoms. The van der Waals surface area contributed by atoms with Crippen molar-refractivity contribution in [3.05, 3.63) is 89.4 Å². The Labute approximate surface area is 217 Å². The second-order valence-corrected chi connectivity index (χ2v) is 8.64. The molecule has 0 saturated heterocycles. The standard InChI is InChI=1S/C14H11NO2.C12H7BrO.C2H5NO.CH4/c1-9(16)15-12-7-4-6-11-10-5-2-3-8-13(10)17-14(11)12;13-10-6-3-5-9-8-4-1-2-7-11(8)14-12(9)10;1-2(3)4;/h2-8H,1H3,(H,15,16);1-7H;1H3,(H2,3,4);1H4. The second-order valence-electron chi connectivity index (χ2n) is 7.79. The summed E-state index contributed by atoms with van der Waals surface area (Å²) in [6.45, 7) is 2.79. The molecule has 0 spiro atoms. The normalized spacial score (nSPS) is 10.2. The summed E-state index contributed by atoms with van der Waals surface area (Å²) in [6.07, 6.45) is 0. The topological polar surface area (TPSA) is 98.5 Å². The van der Waals surface area contributed by atoms with Crippen LogP contribution >= 0.6 is 15.9 Å². The van der Waals surface area contributed by atoms with E-state index in [9.17, 15) is 9.59 Å². The van der Waals surface area contributed by atoms with Gasteiger partial charge < -0.3 is 19.9 Å². The predicted octanol–water partition coefficient (Wildman–Crippen LogP) is 8.02. The first kappa shape index (κ1) is 26.5. The zero-order chi connectivity index (χ0) is 24.9. The third kappa shape index (κ3) is 5.75. The number of hydrogen-bond donors (Lipinski definition) is 2. The van der Waals surface area contributed by atoms with Crippen LogP contribution in [0.5, 0.6) is 0 Å². The molecule has 3 N–H and O–H groups in total. The third-order valence-electron chi connectivity index (χ3n) is 5.07. The largest absolute Gasteiger partial charge is 0.455 e. The van der Waals surface area contributed by atoms with Gasteiger partial charge >= 0.3 is 0 Å². The number of amides is 2. The molecule has 0 aliphatic carbocycles. The molecule has 2 heterocycles. The third-order valence-corrected chi connectivity index (χ3v) is 5.70. The van der Waals surface area contributed by atoms with E-state index in [0.717, 1.165) is 43.0 Å². The van der Waals surface area contributed by atoms with Gasteiger partial charge in [-0.05, 0) is 40.2 Å². The summed E-state index contributed by atoms with van der Waals surface area (Å²) in [6, 6.07) is 27.8. The Balaban J connectivity index is 0.000000173. The highest BCUT2D eigenvalue weighted by molar-refractivity contribution is 9.10. The first-order valence-electron chi connectivity index (χ1n) is 10.8. The summed E-state index contributed by atoms with van der Waals surface area (Å²) in [4.78, 5) is 20.3. The number of benzene rings is 4. The number of rotatable bonds is 1. The minimum Gasteiger partial charge on any atom is -0.455 e. The lowest BCUT2D eigenvalue weighted by Gasteiger charge is -2.01. The zero-order valence-electron chi connectivity index (χ0n) is 19.2. The number of carbonyl (C=O) groups excluding carboxylic acids is 2. The monoisotopic (exact) mass is 546 g/mol. The van der Waals surface area contributed by atoms with Gasteiger partial charge in [-0.3, -0.25) is 9.59 Å². The fourth-order valence-corrected chi connectivity index (χ4v) is 4.20. The van der Waals surface area contributed by atoms with Crippen LogP contribution < -0.4 is 11.1 Å². The maximum Gasteiger partial charge on any atom is 0.221 e. The second kappa shape index (κ2) is 11.6. The molecule has 0 unspecified atom stereocenters. The fourth-order valence-electron chi connectivity index (χ4n) is 3.75. The Kier molecular flexibility index (Phi) is 8.51. The molecular formula is C29H27BrN2O4. The zero-order valence-corrected chi connectivity index (χ0v) is 20.8. The van der Waals surface area contributed by atoms with Crippen molar-refractivity contribution in [1.29, 1.82) is 0 Å². The lowest BCUT2D eigenvalue weighted by molar-refractivity contribution is -0.116. The Hall–Kier alpha value is -4.10. The van der Waals surface area contributed by atoms with Gasteiger partial charge in [0.25, 0.3) is 0 Å². The molecule has 0 aliphatic heterocycles. The van der Waals surface area contributed by atoms with E-state index in [4.69, 9.17) is 8.83 Å². The van der Waals surface area contributed by atoms with Gasteiger partial charge in [0, 0.05) is 35.4 Å². The van der Waals surface area contributed by atoms with Crippen LogP contribution in [0.2, 0.25) is 0 Å². The number of anilines is 1. The molecule has 0 fully saturated rings. The molecule has 4 aromatic carbocycles. The number of furan rings is 2. The quantitative estimate of drug-likeness (QED) is 0.218. The average Bonchev–Trinajstić information content (AvgIpc) is 3.39. The van der Waals surface area contributed by atoms with Gasteiger partial charge in [-0.1, -0.05) is 68.1 Å². The van der Waals surface area contributed by atoms with E-state index in [1.165, 1.54) is 19.2 Å². The minimum atomic E-state index is -0.333. The van der Waals surface area contributed by atoms with Crippen LogP contribution in [-0.4, -0.2) is 11.8 Å². The summed E-state index contributed by atoms with van der Waals surface area (Å²) in [5, 5.41) is 7.19. The first-order chi connectivity index (χ1) is 16.8. The van der Waals surface area contributed by atoms with E-state index in [1.807, 2.05) is 72.8 Å². The van der Waals surface area contributed by atoms with Crippen LogP contribution in [0.3, 0.4) is 0 Å². The van der Waals surface area contributed by atoms with Gasteiger partial charge in [0.05, 0.1) is 10.2 Å². The molecule has 0 bridgehead atoms. The van der Waals surface area contributed by atoms with Crippen molar-refractivity contribution >= 4 is 77.3 Å². The van der Waals surface area contributed by atoms with E-state index in [0.29, 0.717) is 5.69 Å². The van der Waals surface area contributed by atoms with Crippen LogP contribution in [-0.2, 0) is 9.59 Å². The number of fused-ring (bicyclic) bond motifs is 6. The van der Waals surface area contributed by atoms with E-state index in [1.54, 1.807) is 0 Å². The fraction of sp³-hybridized carbons (Fsp3) is 0.103. The number of hydrogen-bond acceptors (Lipinski definition) is 4. The SMILES string of the molecule is Brc1cccc2c1oc1ccccc12.C.CC(=O)Nc1cccc2c1oc1ccccc12.CC(N)=O. The van der Waals surface area contributed by atoms with Crippen molar-refractivity contribution in [2.75, 3.05) is 5.32 Å². The number of nitrogens with one attached hydrogen (secondary N) is 1. The van der Waals surface area contributed by atoms with Gasteiger partial charge in [0.2, 0.25) is 11.8 Å².